The number of hydrogen-bond donors (Lipinski definition) is 1. The number of rotatable bonds is 13. The van der Waals surface area contributed by atoms with Crippen molar-refractivity contribution < 1.29 is 36.6 Å². The molecule has 1 aliphatic rings. The van der Waals surface area contributed by atoms with Crippen LogP contribution in [-0.4, -0.2) is 92.8 Å². The minimum absolute atomic E-state index is 0. The van der Waals surface area contributed by atoms with E-state index in [9.17, 15) is 0 Å². The summed E-state index contributed by atoms with van der Waals surface area (Å²) in [6, 6.07) is 3.40. The molecule has 222 valence electrons. The van der Waals surface area contributed by atoms with Crippen LogP contribution in [0.4, 0.5) is 0 Å². The maximum Gasteiger partial charge on any atom is 1.00 e. The zero-order valence-corrected chi connectivity index (χ0v) is 34.9. The fraction of sp³-hybridized carbons (Fsp3) is 1.00. The zero-order valence-electron chi connectivity index (χ0n) is 25.3. The van der Waals surface area contributed by atoms with Crippen LogP contribution >= 0.6 is 35.2 Å². The standard InChI is InChI=1S/C8H21NO2Si2.C7H22NOP2Si2.C4H15NOP2Si.CH4.Li/c1-10-13(11-2)8-6-7-9(13)12(3,4)5;1-9-13(10,11)7-5-6-8-12(2,3)4;1-6-9(7,8)4-2-3-5;;/h6-8H2,1-5H3;5-7,10-11H2,1-4H3;2-5,7-8H2,1H3;1H4;/q;-1;;;+1. The van der Waals surface area contributed by atoms with Gasteiger partial charge in [-0.2, -0.15) is 6.54 Å². The Morgan fingerprint density at radius 1 is 0.838 bits per heavy atom. The average Bonchev–Trinajstić information content (AvgIpc) is 3.21. The minimum atomic E-state index is -1.95. The number of nitrogens with zero attached hydrogens (tertiary/aromatic N) is 2. The Labute approximate surface area is 257 Å². The van der Waals surface area contributed by atoms with Crippen molar-refractivity contribution in [3.8, 4) is 0 Å². The quantitative estimate of drug-likeness (QED) is 0.183. The predicted molar refractivity (Wildman–Crippen MR) is 190 cm³/mol. The summed E-state index contributed by atoms with van der Waals surface area (Å²) in [5.74, 6) is 0. The Morgan fingerprint density at radius 3 is 1.57 bits per heavy atom. The average molecular weight is 680 g/mol. The molecule has 4 atom stereocenters. The van der Waals surface area contributed by atoms with E-state index in [2.05, 4.69) is 83.6 Å². The molecule has 2 N–H and O–H groups in total. The van der Waals surface area contributed by atoms with E-state index in [0.717, 1.165) is 44.1 Å². The molecule has 7 nitrogen and oxygen atoms in total. The summed E-state index contributed by atoms with van der Waals surface area (Å²) in [6.45, 7) is 16.8. The van der Waals surface area contributed by atoms with Gasteiger partial charge in [0.05, 0.1) is 0 Å². The molecule has 0 bridgehead atoms. The van der Waals surface area contributed by atoms with Crippen molar-refractivity contribution >= 4 is 75.6 Å². The first-order valence-electron chi connectivity index (χ1n) is 12.4. The minimum Gasteiger partial charge on any atom is -0.665 e. The van der Waals surface area contributed by atoms with E-state index in [-0.39, 0.29) is 26.3 Å². The van der Waals surface area contributed by atoms with Gasteiger partial charge in [-0.3, -0.25) is 0 Å². The number of hydrogen-bond acceptors (Lipinski definition) is 6. The summed E-state index contributed by atoms with van der Waals surface area (Å²) in [4.78, 5) is 4.68. The van der Waals surface area contributed by atoms with Gasteiger partial charge in [0.1, 0.15) is 8.24 Å². The molecule has 0 aromatic heterocycles. The molecule has 37 heavy (non-hydrogen) atoms. The summed E-state index contributed by atoms with van der Waals surface area (Å²) in [5, 5.41) is 0. The summed E-state index contributed by atoms with van der Waals surface area (Å²) >= 11 is 0. The molecule has 0 aromatic carbocycles. The predicted octanol–water partition coefficient (Wildman–Crippen LogP) is 2.99. The van der Waals surface area contributed by atoms with Gasteiger partial charge in [-0.25, -0.2) is 0 Å². The first kappa shape index (κ1) is 47.1. The molecule has 17 heteroatoms. The molecule has 0 amide bonds. The third kappa shape index (κ3) is 23.3. The summed E-state index contributed by atoms with van der Waals surface area (Å²) < 4.78 is 24.5. The topological polar surface area (TPSA) is 80.3 Å². The molecular weight excluding hydrogens is 618 g/mol. The molecule has 1 aliphatic heterocycles. The molecule has 1 saturated heterocycles. The first-order chi connectivity index (χ1) is 15.8. The molecule has 1 heterocycles. The third-order valence-corrected chi connectivity index (χ3v) is 25.0. The van der Waals surface area contributed by atoms with Gasteiger partial charge < -0.3 is 32.7 Å². The summed E-state index contributed by atoms with van der Waals surface area (Å²) in [6.07, 6.45) is 3.46. The van der Waals surface area contributed by atoms with Crippen LogP contribution in [0.1, 0.15) is 26.7 Å². The SMILES string of the molecule is C.CO[Si](P)(P)CCCN.CO[Si](P)(P)CCC[N-][Si](C)(C)C.CO[Si]1(OC)CCCN1[Si](C)(C)C.[Li+]. The maximum atomic E-state index is 5.66. The molecule has 4 unspecified atom stereocenters. The van der Waals surface area contributed by atoms with Crippen LogP contribution in [-0.2, 0) is 17.7 Å². The van der Waals surface area contributed by atoms with Gasteiger partial charge >= 0.3 is 27.6 Å². The van der Waals surface area contributed by atoms with Crippen LogP contribution in [0.5, 0.6) is 0 Å². The van der Waals surface area contributed by atoms with Crippen molar-refractivity contribution in [2.45, 2.75) is 84.1 Å². The van der Waals surface area contributed by atoms with Crippen molar-refractivity contribution in [3.63, 3.8) is 0 Å². The molecule has 0 saturated carbocycles. The summed E-state index contributed by atoms with van der Waals surface area (Å²) in [5.41, 5.74) is 5.34. The van der Waals surface area contributed by atoms with Crippen molar-refractivity contribution in [2.24, 2.45) is 5.73 Å². The van der Waals surface area contributed by atoms with Crippen LogP contribution < -0.4 is 24.6 Å². The monoisotopic (exact) mass is 679 g/mol. The van der Waals surface area contributed by atoms with Crippen molar-refractivity contribution in [2.75, 3.05) is 48.1 Å². The van der Waals surface area contributed by atoms with Gasteiger partial charge in [0.15, 0.2) is 0 Å². The van der Waals surface area contributed by atoms with Gasteiger partial charge in [-0.15, -0.1) is 35.2 Å². The Bertz CT molecular complexity index is 563. The van der Waals surface area contributed by atoms with E-state index in [1.54, 1.807) is 28.4 Å². The first-order valence-corrected chi connectivity index (χ1v) is 32.7. The molecule has 0 aromatic rings. The molecule has 1 rings (SSSR count). The zero-order chi connectivity index (χ0) is 28.0. The molecule has 1 fully saturated rings. The Kier molecular flexibility index (Phi) is 28.8. The Hall–Kier alpha value is 3.12. The molecular formula is C20H62LiN3O4P4Si5. The van der Waals surface area contributed by atoms with Gasteiger partial charge in [-0.1, -0.05) is 61.4 Å². The van der Waals surface area contributed by atoms with E-state index in [4.69, 9.17) is 23.4 Å². The molecule has 0 spiro atoms. The molecule has 0 radical (unpaired) electrons. The van der Waals surface area contributed by atoms with Crippen LogP contribution in [0.3, 0.4) is 0 Å². The second kappa shape index (κ2) is 22.6. The largest absolute Gasteiger partial charge is 1.00 e. The smallest absolute Gasteiger partial charge is 0.665 e. The Balaban J connectivity index is -0.000000219. The van der Waals surface area contributed by atoms with Crippen LogP contribution in [0.15, 0.2) is 0 Å². The molecule has 0 aliphatic carbocycles. The fourth-order valence-electron chi connectivity index (χ4n) is 3.47. The van der Waals surface area contributed by atoms with Gasteiger partial charge in [0.2, 0.25) is 15.3 Å². The second-order valence-electron chi connectivity index (χ2n) is 10.9. The Morgan fingerprint density at radius 2 is 1.27 bits per heavy atom. The van der Waals surface area contributed by atoms with E-state index in [1.807, 2.05) is 0 Å². The van der Waals surface area contributed by atoms with Gasteiger partial charge in [0, 0.05) is 34.5 Å². The van der Waals surface area contributed by atoms with E-state index in [1.165, 1.54) is 13.0 Å². The number of nitrogens with two attached hydrogens (primary N) is 1. The van der Waals surface area contributed by atoms with E-state index in [0.29, 0.717) is 0 Å². The third-order valence-electron chi connectivity index (χ3n) is 5.58. The van der Waals surface area contributed by atoms with E-state index < -0.39 is 40.5 Å². The summed E-state index contributed by atoms with van der Waals surface area (Å²) in [7, 11) is 11.0. The van der Waals surface area contributed by atoms with Crippen LogP contribution in [0, 0.1) is 0 Å². The van der Waals surface area contributed by atoms with Crippen molar-refractivity contribution in [1.82, 2.24) is 4.23 Å². The van der Waals surface area contributed by atoms with Gasteiger partial charge in [-0.05, 0) is 38.0 Å². The van der Waals surface area contributed by atoms with Crippen LogP contribution in [0.2, 0.25) is 57.4 Å². The van der Waals surface area contributed by atoms with E-state index >= 15 is 0 Å². The van der Waals surface area contributed by atoms with Crippen molar-refractivity contribution in [3.05, 3.63) is 4.98 Å². The van der Waals surface area contributed by atoms with Crippen LogP contribution in [0.25, 0.3) is 4.98 Å². The maximum absolute atomic E-state index is 5.66. The van der Waals surface area contributed by atoms with Gasteiger partial charge in [0.25, 0.3) is 0 Å². The van der Waals surface area contributed by atoms with Crippen molar-refractivity contribution in [1.29, 1.82) is 0 Å². The second-order valence-corrected chi connectivity index (χ2v) is 45.5. The fourth-order valence-corrected chi connectivity index (χ4v) is 16.8. The normalized spacial score (nSPS) is 16.0.